The first-order valence-corrected chi connectivity index (χ1v) is 8.36. The van der Waals surface area contributed by atoms with Gasteiger partial charge in [0.15, 0.2) is 0 Å². The molecule has 1 saturated heterocycles. The van der Waals surface area contributed by atoms with E-state index in [2.05, 4.69) is 9.88 Å². The van der Waals surface area contributed by atoms with Crippen LogP contribution in [0.2, 0.25) is 0 Å². The zero-order valence-corrected chi connectivity index (χ0v) is 13.8. The average molecular weight is 333 g/mol. The highest BCUT2D eigenvalue weighted by Gasteiger charge is 2.29. The van der Waals surface area contributed by atoms with Gasteiger partial charge in [-0.2, -0.15) is 0 Å². The molecule has 0 aliphatic carbocycles. The van der Waals surface area contributed by atoms with Crippen LogP contribution < -0.4 is 0 Å². The third-order valence-electron chi connectivity index (χ3n) is 4.89. The molecule has 2 atom stereocenters. The summed E-state index contributed by atoms with van der Waals surface area (Å²) in [6, 6.07) is 5.98. The molecule has 3 rings (SSSR count). The Morgan fingerprint density at radius 2 is 1.88 bits per heavy atom. The smallest absolute Gasteiger partial charge is 0.137 e. The summed E-state index contributed by atoms with van der Waals surface area (Å²) in [6.45, 7) is 2.17. The fourth-order valence-electron chi connectivity index (χ4n) is 3.36. The molecule has 1 aromatic heterocycles. The van der Waals surface area contributed by atoms with E-state index in [0.29, 0.717) is 12.4 Å². The molecular weight excluding hydrogens is 309 g/mol. The van der Waals surface area contributed by atoms with Crippen LogP contribution in [0.4, 0.5) is 4.39 Å². The molecule has 0 saturated carbocycles. The minimum absolute atomic E-state index is 0.185. The van der Waals surface area contributed by atoms with Gasteiger partial charge in [0.25, 0.3) is 0 Å². The van der Waals surface area contributed by atoms with Crippen molar-refractivity contribution in [1.29, 1.82) is 0 Å². The molecular formula is C18H24FN3O2. The summed E-state index contributed by atoms with van der Waals surface area (Å²) in [5.74, 6) is 0.597. The Labute approximate surface area is 141 Å². The molecule has 0 amide bonds. The van der Waals surface area contributed by atoms with Crippen molar-refractivity contribution in [2.24, 2.45) is 13.0 Å². The van der Waals surface area contributed by atoms with E-state index in [-0.39, 0.29) is 11.7 Å². The lowest BCUT2D eigenvalue weighted by molar-refractivity contribution is 0.0346. The number of benzene rings is 1. The number of aryl methyl sites for hydroxylation is 1. The predicted molar refractivity (Wildman–Crippen MR) is 88.7 cm³/mol. The number of halogens is 1. The van der Waals surface area contributed by atoms with Gasteiger partial charge >= 0.3 is 0 Å². The lowest BCUT2D eigenvalue weighted by Gasteiger charge is -2.35. The first-order valence-electron chi connectivity index (χ1n) is 8.36. The van der Waals surface area contributed by atoms with E-state index in [1.807, 2.05) is 17.8 Å². The first kappa shape index (κ1) is 17.1. The van der Waals surface area contributed by atoms with Gasteiger partial charge < -0.3 is 19.7 Å². The zero-order chi connectivity index (χ0) is 17.1. The Bertz CT molecular complexity index is 651. The van der Waals surface area contributed by atoms with Crippen LogP contribution in [-0.4, -0.2) is 44.3 Å². The molecule has 0 bridgehead atoms. The molecule has 2 N–H and O–H groups in total. The van der Waals surface area contributed by atoms with Gasteiger partial charge in [0.1, 0.15) is 17.7 Å². The number of piperidine rings is 1. The molecule has 1 aliphatic rings. The van der Waals surface area contributed by atoms with Gasteiger partial charge in [-0.15, -0.1) is 0 Å². The van der Waals surface area contributed by atoms with Gasteiger partial charge in [-0.25, -0.2) is 9.37 Å². The summed E-state index contributed by atoms with van der Waals surface area (Å²) in [7, 11) is 1.89. The van der Waals surface area contributed by atoms with Crippen LogP contribution in [0.1, 0.15) is 36.4 Å². The van der Waals surface area contributed by atoms with Crippen LogP contribution in [0, 0.1) is 11.7 Å². The number of rotatable bonds is 5. The Hall–Kier alpha value is -1.76. The van der Waals surface area contributed by atoms with Crippen molar-refractivity contribution in [3.8, 4) is 0 Å². The number of aliphatic hydroxyl groups excluding tert-OH is 2. The zero-order valence-electron chi connectivity index (χ0n) is 13.8. The number of nitrogens with zero attached hydrogens (tertiary/aromatic N) is 3. The maximum atomic E-state index is 12.9. The molecule has 2 heterocycles. The standard InChI is InChI=1S/C18H24FN3O2/c1-21-11-8-20-18(21)17(24)14-6-9-22(10-7-14)12-16(23)13-2-4-15(19)5-3-13/h2-5,8,11,14,16-17,23-24H,6-7,9-10,12H2,1H3/t16-,17+/m0/s1. The molecule has 1 fully saturated rings. The number of likely N-dealkylation sites (tertiary alicyclic amines) is 1. The Balaban J connectivity index is 1.51. The maximum Gasteiger partial charge on any atom is 0.137 e. The van der Waals surface area contributed by atoms with Gasteiger partial charge in [-0.05, 0) is 49.5 Å². The lowest BCUT2D eigenvalue weighted by atomic mass is 9.90. The van der Waals surface area contributed by atoms with Gasteiger partial charge in [0, 0.05) is 26.0 Å². The number of hydrogen-bond donors (Lipinski definition) is 2. The van der Waals surface area contributed by atoms with Crippen molar-refractivity contribution in [2.75, 3.05) is 19.6 Å². The number of aliphatic hydroxyl groups is 2. The molecule has 0 spiro atoms. The maximum absolute atomic E-state index is 12.9. The van der Waals surface area contributed by atoms with E-state index in [4.69, 9.17) is 0 Å². The summed E-state index contributed by atoms with van der Waals surface area (Å²) in [4.78, 5) is 6.42. The number of β-amino-alcohol motifs (C(OH)–C–C–N with tert-alkyl or cyclic N) is 1. The molecule has 2 aromatic rings. The van der Waals surface area contributed by atoms with E-state index in [9.17, 15) is 14.6 Å². The minimum Gasteiger partial charge on any atom is -0.387 e. The fraction of sp³-hybridized carbons (Fsp3) is 0.500. The largest absolute Gasteiger partial charge is 0.387 e. The Kier molecular flexibility index (Phi) is 5.28. The third kappa shape index (κ3) is 3.83. The summed E-state index contributed by atoms with van der Waals surface area (Å²) in [5.41, 5.74) is 0.728. The summed E-state index contributed by atoms with van der Waals surface area (Å²) in [6.07, 6.45) is 4.10. The highest BCUT2D eigenvalue weighted by molar-refractivity contribution is 5.18. The second-order valence-corrected chi connectivity index (χ2v) is 6.55. The van der Waals surface area contributed by atoms with Crippen LogP contribution in [0.3, 0.4) is 0 Å². The van der Waals surface area contributed by atoms with Crippen LogP contribution in [0.15, 0.2) is 36.7 Å². The SMILES string of the molecule is Cn1ccnc1[C@H](O)C1CCN(C[C@H](O)c2ccc(F)cc2)CC1. The van der Waals surface area contributed by atoms with Crippen LogP contribution in [0.5, 0.6) is 0 Å². The molecule has 5 nitrogen and oxygen atoms in total. The average Bonchev–Trinajstić information content (AvgIpc) is 3.01. The van der Waals surface area contributed by atoms with Gasteiger partial charge in [-0.1, -0.05) is 12.1 Å². The monoisotopic (exact) mass is 333 g/mol. The topological polar surface area (TPSA) is 61.5 Å². The lowest BCUT2D eigenvalue weighted by Crippen LogP contribution is -2.38. The van der Waals surface area contributed by atoms with Crippen LogP contribution in [-0.2, 0) is 7.05 Å². The number of imidazole rings is 1. The third-order valence-corrected chi connectivity index (χ3v) is 4.89. The first-order chi connectivity index (χ1) is 11.5. The normalized spacial score (nSPS) is 19.3. The van der Waals surface area contributed by atoms with Crippen molar-refractivity contribution in [3.05, 3.63) is 53.9 Å². The summed E-state index contributed by atoms with van der Waals surface area (Å²) in [5, 5.41) is 20.8. The quantitative estimate of drug-likeness (QED) is 0.879. The molecule has 24 heavy (non-hydrogen) atoms. The minimum atomic E-state index is -0.624. The van der Waals surface area contributed by atoms with E-state index in [0.717, 1.165) is 31.5 Å². The molecule has 6 heteroatoms. The van der Waals surface area contributed by atoms with Crippen molar-refractivity contribution in [1.82, 2.24) is 14.5 Å². The van der Waals surface area contributed by atoms with Gasteiger partial charge in [0.2, 0.25) is 0 Å². The Morgan fingerprint density at radius 1 is 1.21 bits per heavy atom. The van der Waals surface area contributed by atoms with Gasteiger partial charge in [0.05, 0.1) is 6.10 Å². The fourth-order valence-corrected chi connectivity index (χ4v) is 3.36. The predicted octanol–water partition coefficient (Wildman–Crippen LogP) is 2.04. The van der Waals surface area contributed by atoms with Crippen LogP contribution >= 0.6 is 0 Å². The second-order valence-electron chi connectivity index (χ2n) is 6.55. The van der Waals surface area contributed by atoms with Crippen molar-refractivity contribution in [2.45, 2.75) is 25.0 Å². The van der Waals surface area contributed by atoms with E-state index in [1.54, 1.807) is 18.3 Å². The van der Waals surface area contributed by atoms with E-state index >= 15 is 0 Å². The molecule has 1 aromatic carbocycles. The number of hydrogen-bond acceptors (Lipinski definition) is 4. The Morgan fingerprint density at radius 3 is 2.46 bits per heavy atom. The molecule has 1 aliphatic heterocycles. The summed E-state index contributed by atoms with van der Waals surface area (Å²) < 4.78 is 14.8. The van der Waals surface area contributed by atoms with Gasteiger partial charge in [-0.3, -0.25) is 0 Å². The van der Waals surface area contributed by atoms with Crippen molar-refractivity contribution in [3.63, 3.8) is 0 Å². The highest BCUT2D eigenvalue weighted by Crippen LogP contribution is 2.30. The molecule has 130 valence electrons. The summed E-state index contributed by atoms with van der Waals surface area (Å²) >= 11 is 0. The van der Waals surface area contributed by atoms with E-state index in [1.165, 1.54) is 12.1 Å². The van der Waals surface area contributed by atoms with Crippen molar-refractivity contribution < 1.29 is 14.6 Å². The van der Waals surface area contributed by atoms with Crippen molar-refractivity contribution >= 4 is 0 Å². The van der Waals surface area contributed by atoms with E-state index < -0.39 is 12.2 Å². The molecule has 0 radical (unpaired) electrons. The second kappa shape index (κ2) is 7.42. The highest BCUT2D eigenvalue weighted by atomic mass is 19.1. The molecule has 0 unspecified atom stereocenters. The van der Waals surface area contributed by atoms with Crippen LogP contribution in [0.25, 0.3) is 0 Å². The number of aromatic nitrogens is 2.